The van der Waals surface area contributed by atoms with Gasteiger partial charge in [0.05, 0.1) is 12.8 Å². The largest absolute Gasteiger partial charge is 0.467 e. The number of aryl methyl sites for hydroxylation is 1. The third-order valence-corrected chi connectivity index (χ3v) is 2.98. The highest BCUT2D eigenvalue weighted by Gasteiger charge is 2.08. The van der Waals surface area contributed by atoms with Crippen molar-refractivity contribution in [2.75, 3.05) is 6.54 Å². The molecule has 2 rings (SSSR count). The van der Waals surface area contributed by atoms with Crippen LogP contribution in [0.4, 0.5) is 0 Å². The molecule has 0 aromatic carbocycles. The van der Waals surface area contributed by atoms with Gasteiger partial charge in [-0.15, -0.1) is 0 Å². The highest BCUT2D eigenvalue weighted by molar-refractivity contribution is 5.19. The van der Waals surface area contributed by atoms with Gasteiger partial charge in [-0.05, 0) is 43.1 Å². The predicted molar refractivity (Wildman–Crippen MR) is 77.2 cm³/mol. The SMILES string of the molecule is Cc1cc(COCc2ccco2)oc1CNCC(C)C. The summed E-state index contributed by atoms with van der Waals surface area (Å²) in [5, 5.41) is 3.38. The van der Waals surface area contributed by atoms with Crippen molar-refractivity contribution in [1.82, 2.24) is 5.32 Å². The molecule has 0 unspecified atom stereocenters. The lowest BCUT2D eigenvalue weighted by molar-refractivity contribution is 0.0795. The third kappa shape index (κ3) is 4.54. The first kappa shape index (κ1) is 14.9. The average Bonchev–Trinajstić information content (AvgIpc) is 3.00. The van der Waals surface area contributed by atoms with E-state index in [1.54, 1.807) is 6.26 Å². The van der Waals surface area contributed by atoms with Crippen LogP contribution in [0.15, 0.2) is 33.3 Å². The molecule has 2 aromatic heterocycles. The topological polar surface area (TPSA) is 47.5 Å². The lowest BCUT2D eigenvalue weighted by Gasteiger charge is -2.06. The van der Waals surface area contributed by atoms with E-state index < -0.39 is 0 Å². The van der Waals surface area contributed by atoms with Crippen molar-refractivity contribution >= 4 is 0 Å². The molecule has 0 atom stereocenters. The van der Waals surface area contributed by atoms with Crippen LogP contribution in [-0.4, -0.2) is 6.54 Å². The van der Waals surface area contributed by atoms with Crippen molar-refractivity contribution in [1.29, 1.82) is 0 Å². The molecule has 0 fully saturated rings. The summed E-state index contributed by atoms with van der Waals surface area (Å²) in [5.41, 5.74) is 1.16. The molecule has 0 amide bonds. The summed E-state index contributed by atoms with van der Waals surface area (Å²) in [6.07, 6.45) is 1.65. The number of rotatable bonds is 8. The Hall–Kier alpha value is -1.52. The van der Waals surface area contributed by atoms with Crippen LogP contribution < -0.4 is 5.32 Å². The molecule has 0 saturated carbocycles. The highest BCUT2D eigenvalue weighted by atomic mass is 16.5. The second kappa shape index (κ2) is 7.31. The zero-order valence-electron chi connectivity index (χ0n) is 12.4. The maximum absolute atomic E-state index is 5.80. The smallest absolute Gasteiger partial charge is 0.130 e. The second-order valence-electron chi connectivity index (χ2n) is 5.42. The molecule has 0 aliphatic heterocycles. The monoisotopic (exact) mass is 277 g/mol. The van der Waals surface area contributed by atoms with E-state index in [-0.39, 0.29) is 0 Å². The zero-order chi connectivity index (χ0) is 14.4. The minimum absolute atomic E-state index is 0.464. The fourth-order valence-electron chi connectivity index (χ4n) is 1.96. The molecule has 0 radical (unpaired) electrons. The Labute approximate surface area is 120 Å². The van der Waals surface area contributed by atoms with Gasteiger partial charge < -0.3 is 18.9 Å². The van der Waals surface area contributed by atoms with Crippen molar-refractivity contribution < 1.29 is 13.6 Å². The molecule has 0 aliphatic rings. The van der Waals surface area contributed by atoms with E-state index in [0.717, 1.165) is 35.9 Å². The Kier molecular flexibility index (Phi) is 5.44. The van der Waals surface area contributed by atoms with Gasteiger partial charge in [-0.3, -0.25) is 0 Å². The average molecular weight is 277 g/mol. The molecule has 0 spiro atoms. The van der Waals surface area contributed by atoms with Gasteiger partial charge in [-0.2, -0.15) is 0 Å². The number of hydrogen-bond donors (Lipinski definition) is 1. The van der Waals surface area contributed by atoms with Crippen LogP contribution in [0.5, 0.6) is 0 Å². The number of hydrogen-bond acceptors (Lipinski definition) is 4. The summed E-state index contributed by atoms with van der Waals surface area (Å²) in [4.78, 5) is 0. The first-order valence-electron chi connectivity index (χ1n) is 7.04. The van der Waals surface area contributed by atoms with Gasteiger partial charge in [-0.25, -0.2) is 0 Å². The van der Waals surface area contributed by atoms with Crippen molar-refractivity contribution in [3.63, 3.8) is 0 Å². The fraction of sp³-hybridized carbons (Fsp3) is 0.500. The first-order chi connectivity index (χ1) is 9.65. The molecule has 4 heteroatoms. The van der Waals surface area contributed by atoms with E-state index >= 15 is 0 Å². The lowest BCUT2D eigenvalue weighted by Crippen LogP contribution is -2.18. The van der Waals surface area contributed by atoms with Gasteiger partial charge in [0.2, 0.25) is 0 Å². The Bertz CT molecular complexity index is 500. The third-order valence-electron chi connectivity index (χ3n) is 2.98. The van der Waals surface area contributed by atoms with Crippen molar-refractivity contribution in [2.24, 2.45) is 5.92 Å². The van der Waals surface area contributed by atoms with Gasteiger partial charge >= 0.3 is 0 Å². The first-order valence-corrected chi connectivity index (χ1v) is 7.04. The van der Waals surface area contributed by atoms with E-state index in [9.17, 15) is 0 Å². The van der Waals surface area contributed by atoms with Gasteiger partial charge in [-0.1, -0.05) is 13.8 Å². The minimum Gasteiger partial charge on any atom is -0.467 e. The number of nitrogens with one attached hydrogen (secondary N) is 1. The highest BCUT2D eigenvalue weighted by Crippen LogP contribution is 2.16. The van der Waals surface area contributed by atoms with E-state index in [4.69, 9.17) is 13.6 Å². The zero-order valence-corrected chi connectivity index (χ0v) is 12.4. The molecule has 4 nitrogen and oxygen atoms in total. The number of furan rings is 2. The molecule has 0 bridgehead atoms. The Morgan fingerprint density at radius 1 is 1.25 bits per heavy atom. The summed E-state index contributed by atoms with van der Waals surface area (Å²) in [5.74, 6) is 3.31. The van der Waals surface area contributed by atoms with Crippen LogP contribution in [-0.2, 0) is 24.5 Å². The fourth-order valence-corrected chi connectivity index (χ4v) is 1.96. The van der Waals surface area contributed by atoms with Crippen LogP contribution in [0, 0.1) is 12.8 Å². The maximum atomic E-state index is 5.80. The number of ether oxygens (including phenoxy) is 1. The molecular weight excluding hydrogens is 254 g/mol. The van der Waals surface area contributed by atoms with E-state index in [2.05, 4.69) is 26.1 Å². The molecule has 2 heterocycles. The maximum Gasteiger partial charge on any atom is 0.130 e. The van der Waals surface area contributed by atoms with Crippen LogP contribution >= 0.6 is 0 Å². The molecule has 0 saturated heterocycles. The molecule has 2 aromatic rings. The Morgan fingerprint density at radius 3 is 2.75 bits per heavy atom. The van der Waals surface area contributed by atoms with Gasteiger partial charge in [0.25, 0.3) is 0 Å². The van der Waals surface area contributed by atoms with Crippen molar-refractivity contribution in [3.05, 3.63) is 47.3 Å². The Balaban J connectivity index is 1.77. The summed E-state index contributed by atoms with van der Waals surface area (Å²) in [7, 11) is 0. The summed E-state index contributed by atoms with van der Waals surface area (Å²) >= 11 is 0. The van der Waals surface area contributed by atoms with Gasteiger partial charge in [0, 0.05) is 0 Å². The van der Waals surface area contributed by atoms with Crippen LogP contribution in [0.1, 0.15) is 36.7 Å². The van der Waals surface area contributed by atoms with E-state index in [0.29, 0.717) is 19.1 Å². The van der Waals surface area contributed by atoms with Crippen LogP contribution in [0.2, 0.25) is 0 Å². The van der Waals surface area contributed by atoms with Crippen molar-refractivity contribution in [2.45, 2.75) is 40.5 Å². The molecule has 1 N–H and O–H groups in total. The predicted octanol–water partition coefficient (Wildman–Crippen LogP) is 3.64. The van der Waals surface area contributed by atoms with Crippen molar-refractivity contribution in [3.8, 4) is 0 Å². The van der Waals surface area contributed by atoms with Gasteiger partial charge in [0.1, 0.15) is 30.5 Å². The lowest BCUT2D eigenvalue weighted by atomic mass is 10.2. The summed E-state index contributed by atoms with van der Waals surface area (Å²) in [6.45, 7) is 9.13. The second-order valence-corrected chi connectivity index (χ2v) is 5.42. The normalized spacial score (nSPS) is 11.4. The van der Waals surface area contributed by atoms with E-state index in [1.165, 1.54) is 0 Å². The minimum atomic E-state index is 0.464. The van der Waals surface area contributed by atoms with Crippen LogP contribution in [0.3, 0.4) is 0 Å². The van der Waals surface area contributed by atoms with Crippen LogP contribution in [0.25, 0.3) is 0 Å². The summed E-state index contributed by atoms with van der Waals surface area (Å²) < 4.78 is 16.6. The molecular formula is C16H23NO3. The molecule has 110 valence electrons. The Morgan fingerprint density at radius 2 is 2.05 bits per heavy atom. The quantitative estimate of drug-likeness (QED) is 0.800. The van der Waals surface area contributed by atoms with Gasteiger partial charge in [0.15, 0.2) is 0 Å². The van der Waals surface area contributed by atoms with E-state index in [1.807, 2.05) is 18.2 Å². The molecule has 20 heavy (non-hydrogen) atoms. The molecule has 0 aliphatic carbocycles. The summed E-state index contributed by atoms with van der Waals surface area (Å²) in [6, 6.07) is 5.79. The standard InChI is InChI=1S/C16H23NO3/c1-12(2)8-17-9-16-13(3)7-15(20-16)11-18-10-14-5-4-6-19-14/h4-7,12,17H,8-11H2,1-3H3.